The van der Waals surface area contributed by atoms with E-state index in [1.54, 1.807) is 11.0 Å². The normalized spacial score (nSPS) is 28.8. The van der Waals surface area contributed by atoms with Crippen LogP contribution in [0.25, 0.3) is 0 Å². The zero-order chi connectivity index (χ0) is 21.0. The standard InChI is InChI=1S/C22H26BrNO5/c1-3-22(11-9-18(25)28-2)13-17(23)19(26)16-10-12-24(20(16)22)21(27)29-14-15-7-5-4-6-8-15/h4-9,11,13,16,19-20,26H,3,10,12,14H2,1-2H3/b11-9+/t16-,19+,20-,22+/m0/s1. The monoisotopic (exact) mass is 463 g/mol. The van der Waals surface area contributed by atoms with Crippen molar-refractivity contribution in [2.75, 3.05) is 13.7 Å². The number of aliphatic hydroxyl groups excluding tert-OH is 1. The van der Waals surface area contributed by atoms with E-state index in [0.29, 0.717) is 23.9 Å². The van der Waals surface area contributed by atoms with E-state index < -0.39 is 23.6 Å². The molecule has 156 valence electrons. The lowest BCUT2D eigenvalue weighted by Crippen LogP contribution is -2.53. The molecule has 6 nitrogen and oxygen atoms in total. The fraction of sp³-hybridized carbons (Fsp3) is 0.455. The number of likely N-dealkylation sites (tertiary alicyclic amines) is 1. The van der Waals surface area contributed by atoms with E-state index in [0.717, 1.165) is 5.56 Å². The van der Waals surface area contributed by atoms with Crippen LogP contribution >= 0.6 is 15.9 Å². The Morgan fingerprint density at radius 1 is 1.34 bits per heavy atom. The molecule has 1 amide bonds. The zero-order valence-electron chi connectivity index (χ0n) is 16.6. The minimum atomic E-state index is -0.696. The van der Waals surface area contributed by atoms with Gasteiger partial charge in [0.1, 0.15) is 6.61 Å². The fourth-order valence-corrected chi connectivity index (χ4v) is 5.11. The topological polar surface area (TPSA) is 76.1 Å². The Morgan fingerprint density at radius 3 is 2.72 bits per heavy atom. The molecule has 1 aliphatic carbocycles. The van der Waals surface area contributed by atoms with Gasteiger partial charge in [0, 0.05) is 28.4 Å². The number of aliphatic hydroxyl groups is 1. The van der Waals surface area contributed by atoms with E-state index in [9.17, 15) is 14.7 Å². The first-order valence-electron chi connectivity index (χ1n) is 9.72. The Kier molecular flexibility index (Phi) is 6.80. The van der Waals surface area contributed by atoms with Gasteiger partial charge >= 0.3 is 12.1 Å². The quantitative estimate of drug-likeness (QED) is 0.530. The van der Waals surface area contributed by atoms with Crippen LogP contribution in [0, 0.1) is 11.3 Å². The molecule has 1 aromatic carbocycles. The predicted molar refractivity (Wildman–Crippen MR) is 112 cm³/mol. The van der Waals surface area contributed by atoms with E-state index in [-0.39, 0.29) is 18.6 Å². The molecule has 0 unspecified atom stereocenters. The number of carbonyl (C=O) groups excluding carboxylic acids is 2. The molecule has 1 fully saturated rings. The number of nitrogens with zero attached hydrogens (tertiary/aromatic N) is 1. The van der Waals surface area contributed by atoms with Crippen LogP contribution < -0.4 is 0 Å². The maximum atomic E-state index is 12.9. The van der Waals surface area contributed by atoms with Crippen molar-refractivity contribution in [3.8, 4) is 0 Å². The summed E-state index contributed by atoms with van der Waals surface area (Å²) < 4.78 is 11.0. The number of ether oxygens (including phenoxy) is 2. The summed E-state index contributed by atoms with van der Waals surface area (Å²) in [6, 6.07) is 9.20. The number of amides is 1. The lowest BCUT2D eigenvalue weighted by atomic mass is 9.67. The number of carbonyl (C=O) groups is 2. The molecule has 0 radical (unpaired) electrons. The SMILES string of the molecule is CC[C@@]1(/C=C/C(=O)OC)C=C(Br)[C@H](O)[C@@H]2CCN(C(=O)OCc3ccccc3)[C@@H]21. The minimum absolute atomic E-state index is 0.152. The fourth-order valence-electron chi connectivity index (χ4n) is 4.34. The number of halogens is 1. The van der Waals surface area contributed by atoms with Crippen LogP contribution in [0.5, 0.6) is 0 Å². The van der Waals surface area contributed by atoms with Crippen molar-refractivity contribution in [1.82, 2.24) is 4.90 Å². The van der Waals surface area contributed by atoms with Crippen LogP contribution in [0.1, 0.15) is 25.3 Å². The van der Waals surface area contributed by atoms with Crippen LogP contribution in [0.4, 0.5) is 4.79 Å². The van der Waals surface area contributed by atoms with Crippen LogP contribution in [-0.4, -0.2) is 47.9 Å². The number of hydrogen-bond donors (Lipinski definition) is 1. The van der Waals surface area contributed by atoms with Crippen LogP contribution in [0.15, 0.2) is 53.0 Å². The highest BCUT2D eigenvalue weighted by atomic mass is 79.9. The molecule has 1 aliphatic heterocycles. The van der Waals surface area contributed by atoms with Gasteiger partial charge in [0.2, 0.25) is 0 Å². The maximum Gasteiger partial charge on any atom is 0.410 e. The summed E-state index contributed by atoms with van der Waals surface area (Å²) in [7, 11) is 1.33. The Labute approximate surface area is 179 Å². The number of esters is 1. The summed E-state index contributed by atoms with van der Waals surface area (Å²) in [5.74, 6) is -0.609. The molecule has 0 bridgehead atoms. The molecule has 1 heterocycles. The second-order valence-corrected chi connectivity index (χ2v) is 8.34. The van der Waals surface area contributed by atoms with Crippen LogP contribution in [0.2, 0.25) is 0 Å². The van der Waals surface area contributed by atoms with Gasteiger partial charge in [0.05, 0.1) is 19.3 Å². The van der Waals surface area contributed by atoms with Gasteiger partial charge in [-0.05, 0) is 18.4 Å². The van der Waals surface area contributed by atoms with E-state index >= 15 is 0 Å². The molecular formula is C22H26BrNO5. The third-order valence-corrected chi connectivity index (χ3v) is 6.57. The largest absolute Gasteiger partial charge is 0.466 e. The summed E-state index contributed by atoms with van der Waals surface area (Å²) in [6.07, 6.45) is 5.27. The predicted octanol–water partition coefficient (Wildman–Crippen LogP) is 3.79. The summed E-state index contributed by atoms with van der Waals surface area (Å²) in [5.41, 5.74) is 0.300. The summed E-state index contributed by atoms with van der Waals surface area (Å²) >= 11 is 3.48. The molecular weight excluding hydrogens is 438 g/mol. The van der Waals surface area contributed by atoms with Gasteiger partial charge < -0.3 is 19.5 Å². The zero-order valence-corrected chi connectivity index (χ0v) is 18.2. The second-order valence-electron chi connectivity index (χ2n) is 7.43. The number of hydrogen-bond acceptors (Lipinski definition) is 5. The number of rotatable bonds is 5. The van der Waals surface area contributed by atoms with E-state index in [2.05, 4.69) is 15.9 Å². The lowest BCUT2D eigenvalue weighted by molar-refractivity contribution is -0.134. The lowest BCUT2D eigenvalue weighted by Gasteiger charge is -2.45. The van der Waals surface area contributed by atoms with Gasteiger partial charge in [-0.1, -0.05) is 65.3 Å². The third-order valence-electron chi connectivity index (χ3n) is 5.87. The number of methoxy groups -OCH3 is 1. The molecule has 1 aromatic rings. The molecule has 7 heteroatoms. The van der Waals surface area contributed by atoms with Gasteiger partial charge in [-0.25, -0.2) is 9.59 Å². The third kappa shape index (κ3) is 4.41. The second kappa shape index (κ2) is 9.13. The summed E-state index contributed by atoms with van der Waals surface area (Å²) in [4.78, 5) is 26.4. The molecule has 0 spiro atoms. The molecule has 0 aromatic heterocycles. The number of fused-ring (bicyclic) bond motifs is 1. The highest BCUT2D eigenvalue weighted by molar-refractivity contribution is 9.11. The molecule has 3 rings (SSSR count). The number of benzene rings is 1. The Balaban J connectivity index is 1.87. The Bertz CT molecular complexity index is 809. The smallest absolute Gasteiger partial charge is 0.410 e. The highest BCUT2D eigenvalue weighted by Gasteiger charge is 2.53. The molecule has 2 aliphatic rings. The first kappa shape index (κ1) is 21.6. The van der Waals surface area contributed by atoms with Gasteiger partial charge in [-0.15, -0.1) is 0 Å². The Morgan fingerprint density at radius 2 is 2.07 bits per heavy atom. The van der Waals surface area contributed by atoms with Crippen molar-refractivity contribution in [2.45, 2.75) is 38.5 Å². The van der Waals surface area contributed by atoms with E-state index in [1.807, 2.05) is 43.3 Å². The summed E-state index contributed by atoms with van der Waals surface area (Å²) in [5, 5.41) is 10.7. The molecule has 1 N–H and O–H groups in total. The first-order valence-corrected chi connectivity index (χ1v) is 10.5. The first-order chi connectivity index (χ1) is 13.9. The van der Waals surface area contributed by atoms with Crippen molar-refractivity contribution in [2.24, 2.45) is 11.3 Å². The Hall–Kier alpha value is -2.12. The molecule has 4 atom stereocenters. The van der Waals surface area contributed by atoms with E-state index in [4.69, 9.17) is 9.47 Å². The van der Waals surface area contributed by atoms with Gasteiger partial charge in [0.25, 0.3) is 0 Å². The average molecular weight is 464 g/mol. The summed E-state index contributed by atoms with van der Waals surface area (Å²) in [6.45, 7) is 2.67. The van der Waals surface area contributed by atoms with Crippen LogP contribution in [0.3, 0.4) is 0 Å². The van der Waals surface area contributed by atoms with E-state index in [1.165, 1.54) is 13.2 Å². The maximum absolute atomic E-state index is 12.9. The van der Waals surface area contributed by atoms with Crippen molar-refractivity contribution < 1.29 is 24.2 Å². The molecule has 0 saturated carbocycles. The van der Waals surface area contributed by atoms with Crippen molar-refractivity contribution >= 4 is 28.0 Å². The van der Waals surface area contributed by atoms with Gasteiger partial charge in [-0.3, -0.25) is 0 Å². The highest BCUT2D eigenvalue weighted by Crippen LogP contribution is 2.50. The van der Waals surface area contributed by atoms with Gasteiger partial charge in [0.15, 0.2) is 0 Å². The minimum Gasteiger partial charge on any atom is -0.466 e. The molecule has 29 heavy (non-hydrogen) atoms. The van der Waals surface area contributed by atoms with Crippen molar-refractivity contribution in [3.63, 3.8) is 0 Å². The van der Waals surface area contributed by atoms with Gasteiger partial charge in [-0.2, -0.15) is 0 Å². The van der Waals surface area contributed by atoms with Crippen molar-refractivity contribution in [3.05, 3.63) is 58.6 Å². The average Bonchev–Trinajstić information content (AvgIpc) is 3.20. The van der Waals surface area contributed by atoms with Crippen molar-refractivity contribution in [1.29, 1.82) is 0 Å². The van der Waals surface area contributed by atoms with Crippen LogP contribution in [-0.2, 0) is 20.9 Å². The molecule has 1 saturated heterocycles.